The minimum atomic E-state index is -0.468. The van der Waals surface area contributed by atoms with Gasteiger partial charge in [-0.1, -0.05) is 0 Å². The SMILES string of the molecule is Cc1ncsc1C(=O)NCC1CCN(C(=O)C(=O)c2cccn2C)CC1. The highest BCUT2D eigenvalue weighted by Gasteiger charge is 2.29. The van der Waals surface area contributed by atoms with Crippen molar-refractivity contribution < 1.29 is 14.4 Å². The minimum absolute atomic E-state index is 0.0950. The monoisotopic (exact) mass is 374 g/mol. The molecule has 1 aliphatic heterocycles. The zero-order chi connectivity index (χ0) is 18.7. The van der Waals surface area contributed by atoms with Gasteiger partial charge in [0.15, 0.2) is 0 Å². The molecule has 1 fully saturated rings. The molecule has 2 amide bonds. The molecule has 138 valence electrons. The molecule has 1 saturated heterocycles. The molecule has 2 aromatic heterocycles. The van der Waals surface area contributed by atoms with Crippen LogP contribution in [0.15, 0.2) is 23.8 Å². The number of Topliss-reactive ketones (excluding diaryl/α,β-unsaturated/α-hetero) is 1. The second kappa shape index (κ2) is 7.82. The van der Waals surface area contributed by atoms with E-state index in [4.69, 9.17) is 0 Å². The van der Waals surface area contributed by atoms with E-state index in [9.17, 15) is 14.4 Å². The van der Waals surface area contributed by atoms with E-state index in [0.29, 0.717) is 36.1 Å². The van der Waals surface area contributed by atoms with E-state index >= 15 is 0 Å². The van der Waals surface area contributed by atoms with Crippen LogP contribution in [-0.2, 0) is 11.8 Å². The number of aromatic nitrogens is 2. The molecule has 7 nitrogen and oxygen atoms in total. The van der Waals surface area contributed by atoms with E-state index in [1.807, 2.05) is 6.92 Å². The Balaban J connectivity index is 1.47. The predicted octanol–water partition coefficient (Wildman–Crippen LogP) is 1.64. The van der Waals surface area contributed by atoms with Gasteiger partial charge in [-0.2, -0.15) is 0 Å². The van der Waals surface area contributed by atoms with E-state index in [0.717, 1.165) is 18.5 Å². The Bertz CT molecular complexity index is 818. The van der Waals surface area contributed by atoms with Gasteiger partial charge in [-0.25, -0.2) is 4.98 Å². The summed E-state index contributed by atoms with van der Waals surface area (Å²) >= 11 is 1.34. The maximum Gasteiger partial charge on any atom is 0.296 e. The van der Waals surface area contributed by atoms with E-state index < -0.39 is 11.7 Å². The zero-order valence-electron chi connectivity index (χ0n) is 14.9. The average Bonchev–Trinajstić information content (AvgIpc) is 3.27. The topological polar surface area (TPSA) is 84.3 Å². The lowest BCUT2D eigenvalue weighted by Crippen LogP contribution is -2.44. The standard InChI is InChI=1S/C18H22N4O3S/c1-12-16(26-11-20-12)17(24)19-10-13-5-8-22(9-6-13)18(25)15(23)14-4-3-7-21(14)2/h3-4,7,11,13H,5-6,8-10H2,1-2H3,(H,19,24). The summed E-state index contributed by atoms with van der Waals surface area (Å²) < 4.78 is 1.66. The van der Waals surface area contributed by atoms with Crippen LogP contribution in [0.5, 0.6) is 0 Å². The molecule has 0 spiro atoms. The van der Waals surface area contributed by atoms with E-state index in [1.165, 1.54) is 11.3 Å². The van der Waals surface area contributed by atoms with Crippen molar-refractivity contribution in [1.29, 1.82) is 0 Å². The van der Waals surface area contributed by atoms with Crippen LogP contribution >= 0.6 is 11.3 Å². The smallest absolute Gasteiger partial charge is 0.296 e. The number of rotatable bonds is 5. The van der Waals surface area contributed by atoms with Crippen molar-refractivity contribution in [2.45, 2.75) is 19.8 Å². The Kier molecular flexibility index (Phi) is 5.51. The first-order valence-corrected chi connectivity index (χ1v) is 9.48. The fraction of sp³-hybridized carbons (Fsp3) is 0.444. The first-order valence-electron chi connectivity index (χ1n) is 8.60. The maximum atomic E-state index is 12.4. The highest BCUT2D eigenvalue weighted by molar-refractivity contribution is 7.11. The van der Waals surface area contributed by atoms with Crippen LogP contribution in [0, 0.1) is 12.8 Å². The van der Waals surface area contributed by atoms with Crippen LogP contribution in [0.4, 0.5) is 0 Å². The number of hydrogen-bond acceptors (Lipinski definition) is 5. The quantitative estimate of drug-likeness (QED) is 0.637. The van der Waals surface area contributed by atoms with Gasteiger partial charge in [-0.3, -0.25) is 14.4 Å². The summed E-state index contributed by atoms with van der Waals surface area (Å²) in [5, 5.41) is 2.95. The van der Waals surface area contributed by atoms with E-state index in [1.54, 1.807) is 40.4 Å². The third kappa shape index (κ3) is 3.85. The summed E-state index contributed by atoms with van der Waals surface area (Å²) in [4.78, 5) is 43.2. The minimum Gasteiger partial charge on any atom is -0.351 e. The van der Waals surface area contributed by atoms with Gasteiger partial charge in [0, 0.05) is 32.9 Å². The Hall–Kier alpha value is -2.48. The number of likely N-dealkylation sites (tertiary alicyclic amines) is 1. The number of carbonyl (C=O) groups is 3. The van der Waals surface area contributed by atoms with E-state index in [2.05, 4.69) is 10.3 Å². The molecule has 0 saturated carbocycles. The van der Waals surface area contributed by atoms with Gasteiger partial charge in [0.1, 0.15) is 4.88 Å². The number of ketones is 1. The van der Waals surface area contributed by atoms with Gasteiger partial charge in [0.05, 0.1) is 16.9 Å². The summed E-state index contributed by atoms with van der Waals surface area (Å²) in [5.41, 5.74) is 2.81. The molecule has 26 heavy (non-hydrogen) atoms. The number of nitrogens with one attached hydrogen (secondary N) is 1. The Morgan fingerprint density at radius 2 is 2.04 bits per heavy atom. The van der Waals surface area contributed by atoms with Crippen molar-refractivity contribution in [3.8, 4) is 0 Å². The van der Waals surface area contributed by atoms with Crippen molar-refractivity contribution in [2.24, 2.45) is 13.0 Å². The van der Waals surface area contributed by atoms with Crippen LogP contribution in [0.3, 0.4) is 0 Å². The molecule has 3 rings (SSSR count). The lowest BCUT2D eigenvalue weighted by Gasteiger charge is -2.31. The highest BCUT2D eigenvalue weighted by atomic mass is 32.1. The molecule has 0 bridgehead atoms. The highest BCUT2D eigenvalue weighted by Crippen LogP contribution is 2.18. The molecule has 3 heterocycles. The molecule has 0 aliphatic carbocycles. The summed E-state index contributed by atoms with van der Waals surface area (Å²) in [5.74, 6) is -0.705. The van der Waals surface area contributed by atoms with Gasteiger partial charge in [-0.15, -0.1) is 11.3 Å². The fourth-order valence-corrected chi connectivity index (χ4v) is 3.85. The molecule has 0 aromatic carbocycles. The summed E-state index contributed by atoms with van der Waals surface area (Å²) in [6.45, 7) is 3.47. The predicted molar refractivity (Wildman–Crippen MR) is 98.2 cm³/mol. The van der Waals surface area contributed by atoms with Crippen LogP contribution in [0.1, 0.15) is 38.7 Å². The number of aryl methyl sites for hydroxylation is 2. The second-order valence-corrected chi connectivity index (χ2v) is 7.40. The molecule has 0 atom stereocenters. The molecule has 8 heteroatoms. The Morgan fingerprint density at radius 1 is 1.31 bits per heavy atom. The third-order valence-electron chi connectivity index (χ3n) is 4.78. The molecule has 0 radical (unpaired) electrons. The van der Waals surface area contributed by atoms with Gasteiger partial charge in [0.2, 0.25) is 0 Å². The van der Waals surface area contributed by atoms with Gasteiger partial charge in [0.25, 0.3) is 17.6 Å². The van der Waals surface area contributed by atoms with Crippen molar-refractivity contribution >= 4 is 28.9 Å². The lowest BCUT2D eigenvalue weighted by atomic mass is 9.96. The Labute approximate surface area is 156 Å². The molecule has 0 unspecified atom stereocenters. The van der Waals surface area contributed by atoms with Crippen LogP contribution < -0.4 is 5.32 Å². The third-order valence-corrected chi connectivity index (χ3v) is 5.70. The zero-order valence-corrected chi connectivity index (χ0v) is 15.7. The average molecular weight is 374 g/mol. The van der Waals surface area contributed by atoms with Crippen molar-refractivity contribution in [3.63, 3.8) is 0 Å². The number of carbonyl (C=O) groups excluding carboxylic acids is 3. The molecule has 1 aliphatic rings. The van der Waals surface area contributed by atoms with Crippen molar-refractivity contribution in [1.82, 2.24) is 19.8 Å². The molecule has 2 aromatic rings. The number of amides is 2. The summed E-state index contributed by atoms with van der Waals surface area (Å²) in [7, 11) is 1.75. The number of piperidine rings is 1. The molecular weight excluding hydrogens is 352 g/mol. The van der Waals surface area contributed by atoms with Crippen molar-refractivity contribution in [3.05, 3.63) is 40.1 Å². The first kappa shape index (κ1) is 18.3. The van der Waals surface area contributed by atoms with Gasteiger partial charge in [-0.05, 0) is 37.8 Å². The summed E-state index contributed by atoms with van der Waals surface area (Å²) in [6, 6.07) is 3.41. The summed E-state index contributed by atoms with van der Waals surface area (Å²) in [6.07, 6.45) is 3.29. The van der Waals surface area contributed by atoms with Crippen LogP contribution in [-0.4, -0.2) is 51.7 Å². The van der Waals surface area contributed by atoms with Crippen molar-refractivity contribution in [2.75, 3.05) is 19.6 Å². The number of hydrogen-bond donors (Lipinski definition) is 1. The normalized spacial score (nSPS) is 15.1. The number of thiazole rings is 1. The number of nitrogens with zero attached hydrogens (tertiary/aromatic N) is 3. The van der Waals surface area contributed by atoms with E-state index in [-0.39, 0.29) is 5.91 Å². The second-order valence-electron chi connectivity index (χ2n) is 6.55. The van der Waals surface area contributed by atoms with Crippen LogP contribution in [0.2, 0.25) is 0 Å². The molecular formula is C18H22N4O3S. The first-order chi connectivity index (χ1) is 12.5. The Morgan fingerprint density at radius 3 is 2.62 bits per heavy atom. The largest absolute Gasteiger partial charge is 0.351 e. The fourth-order valence-electron chi connectivity index (χ4n) is 3.13. The van der Waals surface area contributed by atoms with Gasteiger partial charge >= 0.3 is 0 Å². The maximum absolute atomic E-state index is 12.4. The molecule has 1 N–H and O–H groups in total. The van der Waals surface area contributed by atoms with Gasteiger partial charge < -0.3 is 14.8 Å². The van der Waals surface area contributed by atoms with Crippen LogP contribution in [0.25, 0.3) is 0 Å². The lowest BCUT2D eigenvalue weighted by molar-refractivity contribution is -0.127.